The standard InChI is InChI=1S/C18H19N3O5S2/c1-12(17(22)19-14-7-3-4-8-15(14)27-2)26-18(23)13-6-5-9-21-10-11-28(24,25)20-16(13)21/h3-9,12H,10-11H2,1-2H3,(H,19,22)/t12-/m0/s1. The maximum atomic E-state index is 12.5. The highest BCUT2D eigenvalue weighted by molar-refractivity contribution is 7.98. The Balaban J connectivity index is 1.71. The molecule has 0 bridgehead atoms. The quantitative estimate of drug-likeness (QED) is 0.571. The second-order valence-electron chi connectivity index (χ2n) is 6.05. The highest BCUT2D eigenvalue weighted by Gasteiger charge is 2.32. The highest BCUT2D eigenvalue weighted by atomic mass is 32.2. The SMILES string of the molecule is CSc1ccccc1NC(=O)[C@H](C)OC(=O)C1=CC=CN2CCS(=O)(=O)N=C12. The molecule has 1 N–H and O–H groups in total. The van der Waals surface area contributed by atoms with Gasteiger partial charge in [0, 0.05) is 17.6 Å². The molecule has 0 aliphatic carbocycles. The van der Waals surface area contributed by atoms with Crippen molar-refractivity contribution in [3.63, 3.8) is 0 Å². The third-order valence-electron chi connectivity index (χ3n) is 4.10. The number of hydrogen-bond donors (Lipinski definition) is 1. The summed E-state index contributed by atoms with van der Waals surface area (Å²) in [5.41, 5.74) is 0.617. The number of nitrogens with one attached hydrogen (secondary N) is 1. The topological polar surface area (TPSA) is 105 Å². The van der Waals surface area contributed by atoms with Crippen LogP contribution in [-0.2, 0) is 24.3 Å². The molecule has 2 aliphatic heterocycles. The van der Waals surface area contributed by atoms with E-state index < -0.39 is 28.0 Å². The molecule has 1 aromatic rings. The molecule has 0 saturated carbocycles. The van der Waals surface area contributed by atoms with E-state index in [1.165, 1.54) is 24.8 Å². The second-order valence-corrected chi connectivity index (χ2v) is 8.66. The highest BCUT2D eigenvalue weighted by Crippen LogP contribution is 2.25. The lowest BCUT2D eigenvalue weighted by atomic mass is 10.1. The fraction of sp³-hybridized carbons (Fsp3) is 0.278. The third kappa shape index (κ3) is 4.45. The van der Waals surface area contributed by atoms with Crippen molar-refractivity contribution in [3.8, 4) is 0 Å². The van der Waals surface area contributed by atoms with Gasteiger partial charge in [-0.2, -0.15) is 0 Å². The summed E-state index contributed by atoms with van der Waals surface area (Å²) < 4.78 is 32.5. The van der Waals surface area contributed by atoms with Crippen LogP contribution in [0, 0.1) is 0 Å². The largest absolute Gasteiger partial charge is 0.449 e. The Kier molecular flexibility index (Phi) is 5.90. The van der Waals surface area contributed by atoms with Crippen molar-refractivity contribution in [2.45, 2.75) is 17.9 Å². The molecule has 10 heteroatoms. The molecular formula is C18H19N3O5S2. The van der Waals surface area contributed by atoms with Gasteiger partial charge >= 0.3 is 5.97 Å². The lowest BCUT2D eigenvalue weighted by molar-refractivity contribution is -0.148. The second kappa shape index (κ2) is 8.19. The zero-order valence-corrected chi connectivity index (χ0v) is 16.9. The molecule has 1 atom stereocenters. The van der Waals surface area contributed by atoms with Gasteiger partial charge in [0.2, 0.25) is 0 Å². The van der Waals surface area contributed by atoms with Crippen molar-refractivity contribution in [2.75, 3.05) is 23.9 Å². The fourth-order valence-electron chi connectivity index (χ4n) is 2.64. The summed E-state index contributed by atoms with van der Waals surface area (Å²) in [7, 11) is -3.63. The van der Waals surface area contributed by atoms with Crippen molar-refractivity contribution in [2.24, 2.45) is 4.40 Å². The third-order valence-corrected chi connectivity index (χ3v) is 6.04. The van der Waals surface area contributed by atoms with Crippen molar-refractivity contribution >= 4 is 45.2 Å². The maximum Gasteiger partial charge on any atom is 0.342 e. The number of amidine groups is 1. The summed E-state index contributed by atoms with van der Waals surface area (Å²) in [6.45, 7) is 1.65. The Hall–Kier alpha value is -2.59. The van der Waals surface area contributed by atoms with E-state index in [4.69, 9.17) is 4.74 Å². The Labute approximate surface area is 167 Å². The maximum absolute atomic E-state index is 12.5. The minimum atomic E-state index is -3.63. The van der Waals surface area contributed by atoms with Gasteiger partial charge in [-0.1, -0.05) is 12.1 Å². The number of sulfonamides is 1. The van der Waals surface area contributed by atoms with Gasteiger partial charge in [0.15, 0.2) is 11.9 Å². The van der Waals surface area contributed by atoms with Crippen LogP contribution < -0.4 is 5.32 Å². The van der Waals surface area contributed by atoms with Crippen LogP contribution in [0.4, 0.5) is 5.69 Å². The molecule has 148 valence electrons. The van der Waals surface area contributed by atoms with Gasteiger partial charge in [-0.25, -0.2) is 13.2 Å². The zero-order chi connectivity index (χ0) is 20.3. The van der Waals surface area contributed by atoms with E-state index in [0.29, 0.717) is 5.69 Å². The van der Waals surface area contributed by atoms with Crippen LogP contribution in [0.25, 0.3) is 0 Å². The Morgan fingerprint density at radius 3 is 2.82 bits per heavy atom. The number of esters is 1. The summed E-state index contributed by atoms with van der Waals surface area (Å²) >= 11 is 1.48. The van der Waals surface area contributed by atoms with Crippen molar-refractivity contribution < 1.29 is 22.7 Å². The number of thioether (sulfide) groups is 1. The predicted molar refractivity (Wildman–Crippen MR) is 108 cm³/mol. The number of nitrogens with zero attached hydrogens (tertiary/aromatic N) is 2. The van der Waals surface area contributed by atoms with Crippen molar-refractivity contribution in [3.05, 3.63) is 48.2 Å². The summed E-state index contributed by atoms with van der Waals surface area (Å²) in [5, 5.41) is 2.73. The minimum absolute atomic E-state index is 0.00469. The lowest BCUT2D eigenvalue weighted by Gasteiger charge is -2.28. The fourth-order valence-corrected chi connectivity index (χ4v) is 4.17. The van der Waals surface area contributed by atoms with E-state index in [9.17, 15) is 18.0 Å². The molecule has 3 rings (SSSR count). The summed E-state index contributed by atoms with van der Waals surface area (Å²) in [6.07, 6.45) is 5.48. The number of fused-ring (bicyclic) bond motifs is 1. The molecule has 2 aliphatic rings. The molecule has 1 aromatic carbocycles. The first kappa shape index (κ1) is 20.2. The first-order valence-corrected chi connectivity index (χ1v) is 11.3. The van der Waals surface area contributed by atoms with E-state index in [-0.39, 0.29) is 23.7 Å². The monoisotopic (exact) mass is 421 g/mol. The molecule has 0 unspecified atom stereocenters. The van der Waals surface area contributed by atoms with Crippen molar-refractivity contribution in [1.29, 1.82) is 0 Å². The zero-order valence-electron chi connectivity index (χ0n) is 15.3. The number of rotatable bonds is 5. The number of amides is 1. The van der Waals surface area contributed by atoms with Crippen LogP contribution in [0.1, 0.15) is 6.92 Å². The van der Waals surface area contributed by atoms with Crippen LogP contribution in [0.2, 0.25) is 0 Å². The van der Waals surface area contributed by atoms with Gasteiger partial charge in [0.05, 0.1) is 11.4 Å². The molecule has 8 nitrogen and oxygen atoms in total. The van der Waals surface area contributed by atoms with Gasteiger partial charge in [-0.3, -0.25) is 4.79 Å². The van der Waals surface area contributed by atoms with Gasteiger partial charge in [0.25, 0.3) is 15.9 Å². The van der Waals surface area contributed by atoms with E-state index in [0.717, 1.165) is 4.90 Å². The number of allylic oxidation sites excluding steroid dienone is 2. The molecule has 1 amide bonds. The number of carbonyl (C=O) groups is 2. The number of para-hydroxylation sites is 1. The number of hydrogen-bond acceptors (Lipinski definition) is 7. The minimum Gasteiger partial charge on any atom is -0.449 e. The average Bonchev–Trinajstić information content (AvgIpc) is 2.67. The lowest BCUT2D eigenvalue weighted by Crippen LogP contribution is -2.41. The van der Waals surface area contributed by atoms with Crippen molar-refractivity contribution in [1.82, 2.24) is 4.90 Å². The summed E-state index contributed by atoms with van der Waals surface area (Å²) in [5.74, 6) is -1.42. The molecule has 0 aromatic heterocycles. The first-order chi connectivity index (χ1) is 13.3. The van der Waals surface area contributed by atoms with Crippen LogP contribution in [-0.4, -0.2) is 55.7 Å². The Bertz CT molecular complexity index is 998. The Morgan fingerprint density at radius 2 is 2.07 bits per heavy atom. The van der Waals surface area contributed by atoms with Crippen LogP contribution in [0.3, 0.4) is 0 Å². The summed E-state index contributed by atoms with van der Waals surface area (Å²) in [6, 6.07) is 7.28. The first-order valence-electron chi connectivity index (χ1n) is 8.44. The predicted octanol–water partition coefficient (Wildman–Crippen LogP) is 1.78. The number of anilines is 1. The van der Waals surface area contributed by atoms with Crippen LogP contribution in [0.5, 0.6) is 0 Å². The van der Waals surface area contributed by atoms with E-state index in [2.05, 4.69) is 9.71 Å². The van der Waals surface area contributed by atoms with Gasteiger partial charge in [-0.15, -0.1) is 16.2 Å². The van der Waals surface area contributed by atoms with Crippen LogP contribution in [0.15, 0.2) is 57.5 Å². The molecular weight excluding hydrogens is 402 g/mol. The number of benzene rings is 1. The van der Waals surface area contributed by atoms with Gasteiger partial charge in [0.1, 0.15) is 5.57 Å². The van der Waals surface area contributed by atoms with E-state index in [1.54, 1.807) is 29.3 Å². The number of ether oxygens (including phenoxy) is 1. The smallest absolute Gasteiger partial charge is 0.342 e. The average molecular weight is 422 g/mol. The number of carbonyl (C=O) groups excluding carboxylic acids is 2. The van der Waals surface area contributed by atoms with Gasteiger partial charge in [-0.05, 0) is 37.5 Å². The normalized spacial score (nSPS) is 18.4. The molecule has 0 fully saturated rings. The van der Waals surface area contributed by atoms with Crippen LogP contribution >= 0.6 is 11.8 Å². The Morgan fingerprint density at radius 1 is 1.32 bits per heavy atom. The summed E-state index contributed by atoms with van der Waals surface area (Å²) in [4.78, 5) is 27.4. The van der Waals surface area contributed by atoms with E-state index in [1.807, 2.05) is 18.4 Å². The molecule has 2 heterocycles. The van der Waals surface area contributed by atoms with Gasteiger partial charge < -0.3 is 15.0 Å². The molecule has 0 radical (unpaired) electrons. The molecule has 0 spiro atoms. The molecule has 0 saturated heterocycles. The molecule has 28 heavy (non-hydrogen) atoms. The van der Waals surface area contributed by atoms with E-state index >= 15 is 0 Å².